The standard InChI is InChI=1S/C18H19F2NO4/c1-23-15-8-11(9-16(24-2)18(15)25-3)4-7-17(22)21-14-10-12(19)5-6-13(14)20/h5-6,8-10H,4,7H2,1-3H3,(H,21,22). The van der Waals surface area contributed by atoms with Crippen LogP contribution in [0.15, 0.2) is 30.3 Å². The second-order valence-corrected chi connectivity index (χ2v) is 5.21. The molecule has 1 amide bonds. The number of amides is 1. The highest BCUT2D eigenvalue weighted by Gasteiger charge is 2.14. The highest BCUT2D eigenvalue weighted by Crippen LogP contribution is 2.38. The molecule has 25 heavy (non-hydrogen) atoms. The van der Waals surface area contributed by atoms with E-state index in [1.807, 2.05) is 0 Å². The molecule has 1 N–H and O–H groups in total. The van der Waals surface area contributed by atoms with E-state index in [1.165, 1.54) is 21.3 Å². The van der Waals surface area contributed by atoms with Crippen molar-refractivity contribution in [3.63, 3.8) is 0 Å². The molecule has 0 saturated carbocycles. The third-order valence-corrected chi connectivity index (χ3v) is 3.57. The van der Waals surface area contributed by atoms with E-state index in [0.717, 1.165) is 23.8 Å². The van der Waals surface area contributed by atoms with Crippen LogP contribution in [-0.4, -0.2) is 27.2 Å². The van der Waals surface area contributed by atoms with Crippen LogP contribution in [0, 0.1) is 11.6 Å². The van der Waals surface area contributed by atoms with Gasteiger partial charge in [0.05, 0.1) is 27.0 Å². The maximum atomic E-state index is 13.5. The van der Waals surface area contributed by atoms with Crippen LogP contribution in [0.25, 0.3) is 0 Å². The Morgan fingerprint density at radius 3 is 2.20 bits per heavy atom. The fraction of sp³-hybridized carbons (Fsp3) is 0.278. The first-order valence-electron chi connectivity index (χ1n) is 7.52. The van der Waals surface area contributed by atoms with Crippen LogP contribution in [0.1, 0.15) is 12.0 Å². The summed E-state index contributed by atoms with van der Waals surface area (Å²) in [5.41, 5.74) is 0.597. The van der Waals surface area contributed by atoms with E-state index in [2.05, 4.69) is 5.32 Å². The summed E-state index contributed by atoms with van der Waals surface area (Å²) in [6.07, 6.45) is 0.439. The molecule has 0 saturated heterocycles. The Hall–Kier alpha value is -2.83. The smallest absolute Gasteiger partial charge is 0.224 e. The molecule has 0 heterocycles. The van der Waals surface area contributed by atoms with Crippen LogP contribution < -0.4 is 19.5 Å². The van der Waals surface area contributed by atoms with Crippen LogP contribution in [0.5, 0.6) is 17.2 Å². The summed E-state index contributed by atoms with van der Waals surface area (Å²) in [5.74, 6) is -0.330. The molecule has 0 unspecified atom stereocenters. The number of anilines is 1. The number of aryl methyl sites for hydroxylation is 1. The van der Waals surface area contributed by atoms with Gasteiger partial charge in [-0.2, -0.15) is 0 Å². The number of benzene rings is 2. The van der Waals surface area contributed by atoms with Gasteiger partial charge in [0.15, 0.2) is 11.5 Å². The van der Waals surface area contributed by atoms with E-state index in [9.17, 15) is 13.6 Å². The highest BCUT2D eigenvalue weighted by molar-refractivity contribution is 5.91. The summed E-state index contributed by atoms with van der Waals surface area (Å²) < 4.78 is 42.4. The molecule has 2 rings (SSSR count). The van der Waals surface area contributed by atoms with E-state index in [-0.39, 0.29) is 12.1 Å². The number of carbonyl (C=O) groups is 1. The Morgan fingerprint density at radius 2 is 1.64 bits per heavy atom. The minimum atomic E-state index is -0.692. The van der Waals surface area contributed by atoms with Gasteiger partial charge < -0.3 is 19.5 Å². The quantitative estimate of drug-likeness (QED) is 0.829. The number of hydrogen-bond acceptors (Lipinski definition) is 4. The molecule has 2 aromatic rings. The van der Waals surface area contributed by atoms with Crippen LogP contribution >= 0.6 is 0 Å². The summed E-state index contributed by atoms with van der Waals surface area (Å²) in [4.78, 5) is 12.0. The van der Waals surface area contributed by atoms with Crippen molar-refractivity contribution in [1.29, 1.82) is 0 Å². The number of halogens is 2. The second-order valence-electron chi connectivity index (χ2n) is 5.21. The van der Waals surface area contributed by atoms with Crippen molar-refractivity contribution < 1.29 is 27.8 Å². The third-order valence-electron chi connectivity index (χ3n) is 3.57. The van der Waals surface area contributed by atoms with Gasteiger partial charge in [0, 0.05) is 12.5 Å². The topological polar surface area (TPSA) is 56.8 Å². The minimum Gasteiger partial charge on any atom is -0.493 e. The molecule has 2 aromatic carbocycles. The van der Waals surface area contributed by atoms with Gasteiger partial charge in [-0.15, -0.1) is 0 Å². The molecule has 0 aliphatic rings. The van der Waals surface area contributed by atoms with Gasteiger partial charge >= 0.3 is 0 Å². The number of rotatable bonds is 7. The number of methoxy groups -OCH3 is 3. The van der Waals surface area contributed by atoms with E-state index < -0.39 is 17.5 Å². The maximum Gasteiger partial charge on any atom is 0.224 e. The van der Waals surface area contributed by atoms with Crippen molar-refractivity contribution in [1.82, 2.24) is 0 Å². The molecule has 0 atom stereocenters. The first-order valence-corrected chi connectivity index (χ1v) is 7.52. The highest BCUT2D eigenvalue weighted by atomic mass is 19.1. The Bertz CT molecular complexity index is 740. The molecule has 0 bridgehead atoms. The average molecular weight is 351 g/mol. The van der Waals surface area contributed by atoms with E-state index in [4.69, 9.17) is 14.2 Å². The maximum absolute atomic E-state index is 13.5. The van der Waals surface area contributed by atoms with Crippen molar-refractivity contribution in [3.05, 3.63) is 47.5 Å². The number of carbonyl (C=O) groups excluding carboxylic acids is 1. The van der Waals surface area contributed by atoms with Crippen molar-refractivity contribution in [2.24, 2.45) is 0 Å². The molecule has 5 nitrogen and oxygen atoms in total. The van der Waals surface area contributed by atoms with Crippen molar-refractivity contribution in [2.45, 2.75) is 12.8 Å². The van der Waals surface area contributed by atoms with Crippen molar-refractivity contribution in [3.8, 4) is 17.2 Å². The van der Waals surface area contributed by atoms with Crippen LogP contribution in [0.3, 0.4) is 0 Å². The van der Waals surface area contributed by atoms with Gasteiger partial charge in [-0.3, -0.25) is 4.79 Å². The zero-order valence-corrected chi connectivity index (χ0v) is 14.2. The fourth-order valence-electron chi connectivity index (χ4n) is 2.34. The van der Waals surface area contributed by atoms with Gasteiger partial charge in [-0.25, -0.2) is 8.78 Å². The number of nitrogens with one attached hydrogen (secondary N) is 1. The summed E-state index contributed by atoms with van der Waals surface area (Å²) in [6.45, 7) is 0. The zero-order chi connectivity index (χ0) is 18.4. The van der Waals surface area contributed by atoms with Crippen molar-refractivity contribution in [2.75, 3.05) is 26.6 Å². The molecule has 0 aliphatic heterocycles. The van der Waals surface area contributed by atoms with E-state index >= 15 is 0 Å². The molecular weight excluding hydrogens is 332 g/mol. The average Bonchev–Trinajstić information content (AvgIpc) is 2.61. The first kappa shape index (κ1) is 18.5. The van der Waals surface area contributed by atoms with Crippen LogP contribution in [-0.2, 0) is 11.2 Å². The molecule has 0 aromatic heterocycles. The summed E-state index contributed by atoms with van der Waals surface area (Å²) in [5, 5.41) is 2.36. The van der Waals surface area contributed by atoms with E-state index in [0.29, 0.717) is 23.7 Å². The zero-order valence-electron chi connectivity index (χ0n) is 14.2. The van der Waals surface area contributed by atoms with Crippen molar-refractivity contribution >= 4 is 11.6 Å². The monoisotopic (exact) mass is 351 g/mol. The third kappa shape index (κ3) is 4.59. The van der Waals surface area contributed by atoms with Crippen LogP contribution in [0.2, 0.25) is 0 Å². The minimum absolute atomic E-state index is 0.0780. The lowest BCUT2D eigenvalue weighted by Crippen LogP contribution is -2.13. The fourth-order valence-corrected chi connectivity index (χ4v) is 2.34. The first-order chi connectivity index (χ1) is 12.0. The van der Waals surface area contributed by atoms with Gasteiger partial charge in [-0.1, -0.05) is 0 Å². The lowest BCUT2D eigenvalue weighted by molar-refractivity contribution is -0.116. The van der Waals surface area contributed by atoms with Gasteiger partial charge in [-0.05, 0) is 36.2 Å². The second kappa shape index (κ2) is 8.32. The predicted molar refractivity (Wildman–Crippen MR) is 89.4 cm³/mol. The molecule has 0 radical (unpaired) electrons. The molecule has 0 aliphatic carbocycles. The number of hydrogen-bond donors (Lipinski definition) is 1. The molecule has 0 fully saturated rings. The van der Waals surface area contributed by atoms with Crippen LogP contribution in [0.4, 0.5) is 14.5 Å². The predicted octanol–water partition coefficient (Wildman–Crippen LogP) is 3.56. The molecular formula is C18H19F2NO4. The molecule has 134 valence electrons. The summed E-state index contributed by atoms with van der Waals surface area (Å²) in [7, 11) is 4.50. The Labute approximate surface area is 144 Å². The largest absolute Gasteiger partial charge is 0.493 e. The van der Waals surface area contributed by atoms with Gasteiger partial charge in [0.1, 0.15) is 11.6 Å². The molecule has 0 spiro atoms. The Balaban J connectivity index is 2.07. The van der Waals surface area contributed by atoms with Gasteiger partial charge in [0.25, 0.3) is 0 Å². The normalized spacial score (nSPS) is 10.3. The van der Waals surface area contributed by atoms with E-state index in [1.54, 1.807) is 12.1 Å². The SMILES string of the molecule is COc1cc(CCC(=O)Nc2cc(F)ccc2F)cc(OC)c1OC. The lowest BCUT2D eigenvalue weighted by atomic mass is 10.1. The lowest BCUT2D eigenvalue weighted by Gasteiger charge is -2.14. The summed E-state index contributed by atoms with van der Waals surface area (Å²) >= 11 is 0. The van der Waals surface area contributed by atoms with Gasteiger partial charge in [0.2, 0.25) is 11.7 Å². The Kier molecular flexibility index (Phi) is 6.16. The molecule has 7 heteroatoms. The number of ether oxygens (including phenoxy) is 3. The summed E-state index contributed by atoms with van der Waals surface area (Å²) in [6, 6.07) is 6.35. The Morgan fingerprint density at radius 1 is 1.00 bits per heavy atom.